The van der Waals surface area contributed by atoms with Crippen LogP contribution in [0.3, 0.4) is 0 Å². The van der Waals surface area contributed by atoms with Crippen molar-refractivity contribution in [2.24, 2.45) is 0 Å². The van der Waals surface area contributed by atoms with Crippen LogP contribution < -0.4 is 10.6 Å². The highest BCUT2D eigenvalue weighted by Gasteiger charge is 2.20. The van der Waals surface area contributed by atoms with Crippen molar-refractivity contribution in [3.05, 3.63) is 89.5 Å². The number of aromatic nitrogens is 3. The van der Waals surface area contributed by atoms with Crippen LogP contribution in [0, 0.1) is 6.92 Å². The zero-order valence-electron chi connectivity index (χ0n) is 15.4. The van der Waals surface area contributed by atoms with E-state index in [2.05, 4.69) is 25.8 Å². The standard InChI is InChI=1S/C21H21N5O2/c1-15-23-21(26-25-15)20(17-10-6-3-7-11-17)24-19(28)14-22-18(27)13-12-16-8-4-2-5-9-16/h2-13,20H,14H2,1H3,(H,22,27)(H,24,28)(H,23,25,26)/b13-12+. The van der Waals surface area contributed by atoms with Crippen molar-refractivity contribution in [2.45, 2.75) is 13.0 Å². The van der Waals surface area contributed by atoms with Gasteiger partial charge >= 0.3 is 0 Å². The van der Waals surface area contributed by atoms with Crippen molar-refractivity contribution in [3.8, 4) is 0 Å². The lowest BCUT2D eigenvalue weighted by Crippen LogP contribution is -2.38. The lowest BCUT2D eigenvalue weighted by atomic mass is 10.1. The molecular formula is C21H21N5O2. The summed E-state index contributed by atoms with van der Waals surface area (Å²) < 4.78 is 0. The quantitative estimate of drug-likeness (QED) is 0.551. The highest BCUT2D eigenvalue weighted by Crippen LogP contribution is 2.18. The molecule has 7 nitrogen and oxygen atoms in total. The summed E-state index contributed by atoms with van der Waals surface area (Å²) in [5, 5.41) is 12.4. The molecule has 0 radical (unpaired) electrons. The molecule has 0 fully saturated rings. The Bertz CT molecular complexity index is 951. The van der Waals surface area contributed by atoms with Crippen LogP contribution in [0.15, 0.2) is 66.7 Å². The van der Waals surface area contributed by atoms with E-state index in [1.165, 1.54) is 6.08 Å². The first-order valence-corrected chi connectivity index (χ1v) is 8.86. The highest BCUT2D eigenvalue weighted by molar-refractivity contribution is 5.94. The molecule has 142 valence electrons. The number of carbonyl (C=O) groups excluding carboxylic acids is 2. The first-order chi connectivity index (χ1) is 13.6. The number of benzene rings is 2. The van der Waals surface area contributed by atoms with Crippen LogP contribution in [0.5, 0.6) is 0 Å². The van der Waals surface area contributed by atoms with Crippen LogP contribution in [-0.4, -0.2) is 33.5 Å². The second kappa shape index (κ2) is 9.27. The number of aromatic amines is 1. The van der Waals surface area contributed by atoms with Crippen LogP contribution >= 0.6 is 0 Å². The number of amides is 2. The minimum absolute atomic E-state index is 0.148. The molecule has 0 aliphatic rings. The van der Waals surface area contributed by atoms with Gasteiger partial charge in [-0.05, 0) is 24.1 Å². The van der Waals surface area contributed by atoms with Gasteiger partial charge < -0.3 is 10.6 Å². The third-order valence-corrected chi connectivity index (χ3v) is 3.96. The predicted octanol–water partition coefficient (Wildman–Crippen LogP) is 2.15. The first kappa shape index (κ1) is 19.0. The van der Waals surface area contributed by atoms with Gasteiger partial charge in [0, 0.05) is 6.08 Å². The Morgan fingerprint density at radius 2 is 1.75 bits per heavy atom. The first-order valence-electron chi connectivity index (χ1n) is 8.86. The van der Waals surface area contributed by atoms with E-state index in [1.54, 1.807) is 13.0 Å². The third-order valence-electron chi connectivity index (χ3n) is 3.96. The van der Waals surface area contributed by atoms with Gasteiger partial charge in [0.25, 0.3) is 0 Å². The smallest absolute Gasteiger partial charge is 0.244 e. The van der Waals surface area contributed by atoms with Crippen molar-refractivity contribution < 1.29 is 9.59 Å². The van der Waals surface area contributed by atoms with Gasteiger partial charge in [0.2, 0.25) is 11.8 Å². The molecule has 1 atom stereocenters. The van der Waals surface area contributed by atoms with Gasteiger partial charge in [-0.3, -0.25) is 14.7 Å². The predicted molar refractivity (Wildman–Crippen MR) is 106 cm³/mol. The van der Waals surface area contributed by atoms with E-state index >= 15 is 0 Å². The van der Waals surface area contributed by atoms with Crippen LogP contribution in [0.25, 0.3) is 6.08 Å². The molecule has 1 aromatic heterocycles. The second-order valence-corrected chi connectivity index (χ2v) is 6.15. The number of rotatable bonds is 7. The molecular weight excluding hydrogens is 354 g/mol. The number of aryl methyl sites for hydroxylation is 1. The zero-order chi connectivity index (χ0) is 19.8. The Morgan fingerprint density at radius 3 is 2.39 bits per heavy atom. The summed E-state index contributed by atoms with van der Waals surface area (Å²) in [7, 11) is 0. The monoisotopic (exact) mass is 375 g/mol. The third kappa shape index (κ3) is 5.38. The number of hydrogen-bond donors (Lipinski definition) is 3. The van der Waals surface area contributed by atoms with Crippen LogP contribution in [-0.2, 0) is 9.59 Å². The number of carbonyl (C=O) groups is 2. The summed E-state index contributed by atoms with van der Waals surface area (Å²) in [6.07, 6.45) is 3.09. The topological polar surface area (TPSA) is 99.8 Å². The van der Waals surface area contributed by atoms with Crippen molar-refractivity contribution in [3.63, 3.8) is 0 Å². The number of nitrogens with zero attached hydrogens (tertiary/aromatic N) is 2. The maximum Gasteiger partial charge on any atom is 0.244 e. The van der Waals surface area contributed by atoms with Gasteiger partial charge in [-0.2, -0.15) is 5.10 Å². The summed E-state index contributed by atoms with van der Waals surface area (Å²) in [5.41, 5.74) is 1.76. The van der Waals surface area contributed by atoms with Gasteiger partial charge in [0.1, 0.15) is 11.9 Å². The molecule has 1 unspecified atom stereocenters. The van der Waals surface area contributed by atoms with Crippen molar-refractivity contribution in [1.29, 1.82) is 0 Å². The van der Waals surface area contributed by atoms with Crippen molar-refractivity contribution in [2.75, 3.05) is 6.54 Å². The number of nitrogens with one attached hydrogen (secondary N) is 3. The van der Waals surface area contributed by atoms with Crippen molar-refractivity contribution in [1.82, 2.24) is 25.8 Å². The highest BCUT2D eigenvalue weighted by atomic mass is 16.2. The lowest BCUT2D eigenvalue weighted by molar-refractivity contribution is -0.124. The summed E-state index contributed by atoms with van der Waals surface area (Å²) >= 11 is 0. The number of H-pyrrole nitrogens is 1. The molecule has 0 spiro atoms. The lowest BCUT2D eigenvalue weighted by Gasteiger charge is -2.16. The molecule has 2 amide bonds. The minimum Gasteiger partial charge on any atom is -0.343 e. The molecule has 2 aromatic carbocycles. The van der Waals surface area contributed by atoms with Gasteiger partial charge in [-0.25, -0.2) is 4.98 Å². The maximum absolute atomic E-state index is 12.4. The molecule has 1 heterocycles. The van der Waals surface area contributed by atoms with Gasteiger partial charge in [0.15, 0.2) is 5.82 Å². The Labute approximate surface area is 162 Å². The van der Waals surface area contributed by atoms with Gasteiger partial charge in [0.05, 0.1) is 6.54 Å². The zero-order valence-corrected chi connectivity index (χ0v) is 15.4. The molecule has 7 heteroatoms. The van der Waals surface area contributed by atoms with Gasteiger partial charge in [-0.1, -0.05) is 60.7 Å². The fraction of sp³-hybridized carbons (Fsp3) is 0.143. The van der Waals surface area contributed by atoms with E-state index in [0.717, 1.165) is 11.1 Å². The average Bonchev–Trinajstić information content (AvgIpc) is 3.16. The van der Waals surface area contributed by atoms with E-state index in [4.69, 9.17) is 0 Å². The van der Waals surface area contributed by atoms with E-state index in [9.17, 15) is 9.59 Å². The molecule has 0 bridgehead atoms. The Hall–Kier alpha value is -3.74. The van der Waals surface area contributed by atoms with E-state index in [0.29, 0.717) is 11.6 Å². The minimum atomic E-state index is -0.504. The average molecular weight is 375 g/mol. The number of hydrogen-bond acceptors (Lipinski definition) is 4. The molecule has 3 aromatic rings. The normalized spacial score (nSPS) is 11.9. The molecule has 3 rings (SSSR count). The second-order valence-electron chi connectivity index (χ2n) is 6.15. The summed E-state index contributed by atoms with van der Waals surface area (Å²) in [6.45, 7) is 1.64. The summed E-state index contributed by atoms with van der Waals surface area (Å²) in [5.74, 6) is 0.443. The molecule has 0 saturated carbocycles. The SMILES string of the molecule is Cc1nc(C(NC(=O)CNC(=O)/C=C/c2ccccc2)c2ccccc2)n[nH]1. The molecule has 0 aliphatic carbocycles. The molecule has 28 heavy (non-hydrogen) atoms. The van der Waals surface area contributed by atoms with Crippen LogP contribution in [0.4, 0.5) is 0 Å². The largest absolute Gasteiger partial charge is 0.343 e. The summed E-state index contributed by atoms with van der Waals surface area (Å²) in [4.78, 5) is 28.6. The Balaban J connectivity index is 1.59. The van der Waals surface area contributed by atoms with E-state index in [1.807, 2.05) is 60.7 Å². The van der Waals surface area contributed by atoms with Crippen LogP contribution in [0.1, 0.15) is 28.8 Å². The molecule has 3 N–H and O–H groups in total. The fourth-order valence-corrected chi connectivity index (χ4v) is 2.61. The van der Waals surface area contributed by atoms with E-state index < -0.39 is 6.04 Å². The maximum atomic E-state index is 12.4. The molecule has 0 aliphatic heterocycles. The van der Waals surface area contributed by atoms with Crippen molar-refractivity contribution >= 4 is 17.9 Å². The fourth-order valence-electron chi connectivity index (χ4n) is 2.61. The molecule has 0 saturated heterocycles. The Morgan fingerprint density at radius 1 is 1.07 bits per heavy atom. The Kier molecular flexibility index (Phi) is 6.30. The summed E-state index contributed by atoms with van der Waals surface area (Å²) in [6, 6.07) is 18.4. The van der Waals surface area contributed by atoms with E-state index in [-0.39, 0.29) is 18.4 Å². The van der Waals surface area contributed by atoms with Gasteiger partial charge in [-0.15, -0.1) is 0 Å². The van der Waals surface area contributed by atoms with Crippen LogP contribution in [0.2, 0.25) is 0 Å².